The van der Waals surface area contributed by atoms with E-state index in [1.54, 1.807) is 0 Å². The molecule has 0 aromatic carbocycles. The van der Waals surface area contributed by atoms with Crippen LogP contribution in [0.15, 0.2) is 36.4 Å². The van der Waals surface area contributed by atoms with Crippen LogP contribution in [0.25, 0.3) is 0 Å². The van der Waals surface area contributed by atoms with Gasteiger partial charge in [-0.25, -0.2) is 0 Å². The van der Waals surface area contributed by atoms with Gasteiger partial charge in [0.1, 0.15) is 0 Å². The van der Waals surface area contributed by atoms with E-state index in [-0.39, 0.29) is 20.1 Å². The van der Waals surface area contributed by atoms with Gasteiger partial charge in [-0.05, 0) is 77.0 Å². The minimum absolute atomic E-state index is 0. The quantitative estimate of drug-likeness (QED) is 0.232. The topological polar surface area (TPSA) is 23.1 Å². The first kappa shape index (κ1) is 23.1. The summed E-state index contributed by atoms with van der Waals surface area (Å²) in [4.78, 5) is 0. The fourth-order valence-corrected chi connectivity index (χ4v) is 7.93. The zero-order valence-corrected chi connectivity index (χ0v) is 19.2. The van der Waals surface area contributed by atoms with E-state index in [0.29, 0.717) is 0 Å². The Morgan fingerprint density at radius 3 is 1.32 bits per heavy atom. The van der Waals surface area contributed by atoms with Crippen molar-refractivity contribution in [3.63, 3.8) is 0 Å². The molecule has 0 aromatic rings. The zero-order valence-electron chi connectivity index (χ0n) is 15.8. The molecule has 0 unspecified atom stereocenters. The standard InChI is InChI=1S/C14H25OP.C8H12.Ir/c15-11-12-16(13-7-3-1-4-8-13)14-9-5-2-6-10-14;1-2-4-6-8-7-5-3-1;/h11-15H,1-10H2;1-2,7-8H,3-6H2;/b12-11-;2-1-,8-7-;. The molecule has 2 fully saturated rings. The van der Waals surface area contributed by atoms with E-state index >= 15 is 0 Å². The van der Waals surface area contributed by atoms with Crippen LogP contribution < -0.4 is 5.11 Å². The second kappa shape index (κ2) is 15.2. The maximum Gasteiger partial charge on any atom is 0.0718 e. The van der Waals surface area contributed by atoms with Crippen LogP contribution in [0.1, 0.15) is 89.9 Å². The van der Waals surface area contributed by atoms with Crippen molar-refractivity contribution in [2.45, 2.75) is 101 Å². The molecule has 3 aliphatic rings. The van der Waals surface area contributed by atoms with Crippen molar-refractivity contribution in [3.05, 3.63) is 36.4 Å². The van der Waals surface area contributed by atoms with Gasteiger partial charge in [0.15, 0.2) is 0 Å². The predicted molar refractivity (Wildman–Crippen MR) is 108 cm³/mol. The molecule has 0 aromatic heterocycles. The molecule has 0 N–H and O–H groups in total. The molecule has 0 bridgehead atoms. The number of hydrogen-bond acceptors (Lipinski definition) is 1. The largest absolute Gasteiger partial charge is 0.876 e. The van der Waals surface area contributed by atoms with E-state index in [9.17, 15) is 5.11 Å². The van der Waals surface area contributed by atoms with Crippen molar-refractivity contribution in [2.75, 3.05) is 0 Å². The van der Waals surface area contributed by atoms with Gasteiger partial charge in [0, 0.05) is 33.8 Å². The normalized spacial score (nSPS) is 25.3. The predicted octanol–water partition coefficient (Wildman–Crippen LogP) is 6.37. The maximum absolute atomic E-state index is 10.9. The summed E-state index contributed by atoms with van der Waals surface area (Å²) in [6.45, 7) is 0. The van der Waals surface area contributed by atoms with Gasteiger partial charge in [-0.1, -0.05) is 37.1 Å². The minimum atomic E-state index is -0.490. The summed E-state index contributed by atoms with van der Waals surface area (Å²) in [6, 6.07) is 0. The van der Waals surface area contributed by atoms with Crippen LogP contribution in [0, 0.1) is 0 Å². The molecule has 0 atom stereocenters. The molecule has 0 aliphatic heterocycles. The van der Waals surface area contributed by atoms with Crippen molar-refractivity contribution < 1.29 is 25.2 Å². The second-order valence-electron chi connectivity index (χ2n) is 7.57. The van der Waals surface area contributed by atoms with E-state index in [0.717, 1.165) is 17.6 Å². The van der Waals surface area contributed by atoms with Crippen molar-refractivity contribution in [2.24, 2.45) is 0 Å². The molecule has 1 radical (unpaired) electrons. The van der Waals surface area contributed by atoms with E-state index in [4.69, 9.17) is 0 Å². The first-order valence-corrected chi connectivity index (χ1v) is 12.1. The van der Waals surface area contributed by atoms with E-state index in [2.05, 4.69) is 30.1 Å². The summed E-state index contributed by atoms with van der Waals surface area (Å²) in [5, 5.41) is 10.9. The summed E-state index contributed by atoms with van der Waals surface area (Å²) in [5.74, 6) is 2.09. The first-order valence-electron chi connectivity index (χ1n) is 10.4. The van der Waals surface area contributed by atoms with Crippen molar-refractivity contribution in [1.82, 2.24) is 0 Å². The van der Waals surface area contributed by atoms with Crippen LogP contribution in [0.2, 0.25) is 0 Å². The molecule has 145 valence electrons. The maximum atomic E-state index is 10.9. The summed E-state index contributed by atoms with van der Waals surface area (Å²) < 4.78 is 0. The third-order valence-electron chi connectivity index (χ3n) is 5.75. The van der Waals surface area contributed by atoms with Gasteiger partial charge in [0.2, 0.25) is 0 Å². The van der Waals surface area contributed by atoms with Gasteiger partial charge in [-0.3, -0.25) is 0 Å². The number of rotatable bonds is 3. The number of hydrogen-bond donors (Lipinski definition) is 0. The molecule has 0 heterocycles. The van der Waals surface area contributed by atoms with E-state index in [1.807, 2.05) is 0 Å². The smallest absolute Gasteiger partial charge is 0.0718 e. The van der Waals surface area contributed by atoms with Gasteiger partial charge in [0.05, 0.1) is 11.3 Å². The van der Waals surface area contributed by atoms with Gasteiger partial charge in [0.25, 0.3) is 0 Å². The monoisotopic (exact) mass is 541 g/mol. The van der Waals surface area contributed by atoms with Crippen molar-refractivity contribution in [1.29, 1.82) is 0 Å². The Balaban J connectivity index is 0.000000295. The van der Waals surface area contributed by atoms with Crippen molar-refractivity contribution in [3.8, 4) is 0 Å². The fourth-order valence-electron chi connectivity index (χ4n) is 4.41. The van der Waals surface area contributed by atoms with E-state index in [1.165, 1.54) is 89.9 Å². The molecule has 3 aliphatic carbocycles. The molecule has 0 spiro atoms. The minimum Gasteiger partial charge on any atom is -0.876 e. The Kier molecular flexibility index (Phi) is 14.1. The molecule has 0 amide bonds. The van der Waals surface area contributed by atoms with Gasteiger partial charge < -0.3 is 5.11 Å². The zero-order chi connectivity index (χ0) is 16.9. The molecule has 2 saturated carbocycles. The van der Waals surface area contributed by atoms with Crippen LogP contribution in [0.5, 0.6) is 0 Å². The Labute approximate surface area is 170 Å². The molecule has 3 rings (SSSR count). The average Bonchev–Trinajstić information content (AvgIpc) is 2.61. The van der Waals surface area contributed by atoms with Crippen molar-refractivity contribution >= 4 is 7.92 Å². The van der Waals surface area contributed by atoms with Crippen LogP contribution in [-0.2, 0) is 20.1 Å². The third kappa shape index (κ3) is 9.55. The summed E-state index contributed by atoms with van der Waals surface area (Å²) in [7, 11) is -0.490. The van der Waals surface area contributed by atoms with Crippen LogP contribution in [-0.4, -0.2) is 11.3 Å². The summed E-state index contributed by atoms with van der Waals surface area (Å²) in [6.07, 6.45) is 29.3. The number of allylic oxidation sites excluding steroid dienone is 4. The molecule has 25 heavy (non-hydrogen) atoms. The van der Waals surface area contributed by atoms with Crippen LogP contribution in [0.4, 0.5) is 0 Å². The first-order chi connectivity index (χ1) is 11.9. The third-order valence-corrected chi connectivity index (χ3v) is 9.31. The Hall–Kier alpha value is 0.0994. The summed E-state index contributed by atoms with van der Waals surface area (Å²) >= 11 is 0. The summed E-state index contributed by atoms with van der Waals surface area (Å²) in [5.41, 5.74) is 1.85. The second-order valence-corrected chi connectivity index (χ2v) is 10.5. The molecular formula is C22H37IrOP. The molecule has 0 saturated heterocycles. The van der Waals surface area contributed by atoms with Gasteiger partial charge >= 0.3 is 0 Å². The Morgan fingerprint density at radius 2 is 1.00 bits per heavy atom. The Morgan fingerprint density at radius 1 is 0.640 bits per heavy atom. The average molecular weight is 541 g/mol. The SMILES string of the molecule is C1=C\CC/C=C\CC/1.[Ir].[O-]/C=C\[PH+](C1CCCCC1)C1CCCCC1. The van der Waals surface area contributed by atoms with Gasteiger partial charge in [-0.15, -0.1) is 6.26 Å². The fraction of sp³-hybridized carbons (Fsp3) is 0.727. The van der Waals surface area contributed by atoms with Crippen LogP contribution in [0.3, 0.4) is 0 Å². The van der Waals surface area contributed by atoms with Crippen LogP contribution >= 0.6 is 7.92 Å². The van der Waals surface area contributed by atoms with Gasteiger partial charge in [-0.2, -0.15) is 0 Å². The van der Waals surface area contributed by atoms with E-state index < -0.39 is 7.92 Å². The molecule has 3 heteroatoms. The molecular weight excluding hydrogens is 503 g/mol. The Bertz CT molecular complexity index is 349. The molecule has 1 nitrogen and oxygen atoms in total.